The maximum Gasteiger partial charge on any atom is 0.224 e. The number of aromatic nitrogens is 4. The molecule has 1 amide bonds. The summed E-state index contributed by atoms with van der Waals surface area (Å²) in [5, 5.41) is 15.5. The molecule has 0 atom stereocenters. The summed E-state index contributed by atoms with van der Waals surface area (Å²) in [6, 6.07) is 7.37. The largest absolute Gasteiger partial charge is 0.326 e. The number of benzene rings is 1. The first-order valence-electron chi connectivity index (χ1n) is 9.36. The minimum atomic E-state index is -0.0154. The normalized spacial score (nSPS) is 14.6. The first-order chi connectivity index (χ1) is 13.0. The number of carbonyl (C=O) groups excluding carboxylic acids is 2. The van der Waals surface area contributed by atoms with Crippen molar-refractivity contribution >= 4 is 29.1 Å². The predicted octanol–water partition coefficient (Wildman–Crippen LogP) is 3.75. The van der Waals surface area contributed by atoms with Crippen LogP contribution in [-0.4, -0.2) is 37.7 Å². The molecular formula is C19H25N5O2S. The maximum atomic E-state index is 12.5. The van der Waals surface area contributed by atoms with E-state index in [2.05, 4.69) is 20.8 Å². The Kier molecular flexibility index (Phi) is 6.60. The van der Waals surface area contributed by atoms with E-state index in [9.17, 15) is 9.59 Å². The van der Waals surface area contributed by atoms with Gasteiger partial charge in [0.25, 0.3) is 0 Å². The zero-order valence-corrected chi connectivity index (χ0v) is 16.5. The molecule has 8 heteroatoms. The third-order valence-electron chi connectivity index (χ3n) is 4.55. The van der Waals surface area contributed by atoms with Gasteiger partial charge >= 0.3 is 0 Å². The highest BCUT2D eigenvalue weighted by Crippen LogP contribution is 2.31. The molecule has 0 unspecified atom stereocenters. The van der Waals surface area contributed by atoms with E-state index in [-0.39, 0.29) is 17.4 Å². The molecule has 0 radical (unpaired) electrons. The fourth-order valence-corrected chi connectivity index (χ4v) is 4.03. The van der Waals surface area contributed by atoms with Crippen LogP contribution >= 0.6 is 11.8 Å². The van der Waals surface area contributed by atoms with Crippen molar-refractivity contribution in [2.45, 2.75) is 57.1 Å². The average Bonchev–Trinajstić information content (AvgIpc) is 3.30. The standard InChI is InChI=1S/C19H25N5O2S/c1-13(2)11-18(26)20-15-9-7-14(8-10-15)17(25)12-27-19-21-22-23-24(19)16-5-3-4-6-16/h7-10,13,16H,3-6,11-12H2,1-2H3,(H,20,26). The topological polar surface area (TPSA) is 89.8 Å². The summed E-state index contributed by atoms with van der Waals surface area (Å²) >= 11 is 1.37. The van der Waals surface area contributed by atoms with Gasteiger partial charge in [-0.2, -0.15) is 0 Å². The molecule has 0 spiro atoms. The van der Waals surface area contributed by atoms with E-state index < -0.39 is 0 Å². The summed E-state index contributed by atoms with van der Waals surface area (Å²) < 4.78 is 1.86. The second kappa shape index (κ2) is 9.12. The van der Waals surface area contributed by atoms with Crippen LogP contribution in [0, 0.1) is 5.92 Å². The van der Waals surface area contributed by atoms with Crippen molar-refractivity contribution in [3.8, 4) is 0 Å². The van der Waals surface area contributed by atoms with Crippen molar-refractivity contribution < 1.29 is 9.59 Å². The Morgan fingerprint density at radius 1 is 1.22 bits per heavy atom. The van der Waals surface area contributed by atoms with Crippen LogP contribution in [0.1, 0.15) is 62.4 Å². The lowest BCUT2D eigenvalue weighted by Crippen LogP contribution is -2.14. The van der Waals surface area contributed by atoms with Gasteiger partial charge in [-0.3, -0.25) is 9.59 Å². The van der Waals surface area contributed by atoms with Gasteiger partial charge in [-0.05, 0) is 53.5 Å². The fraction of sp³-hybridized carbons (Fsp3) is 0.526. The van der Waals surface area contributed by atoms with Gasteiger partial charge in [0.15, 0.2) is 5.78 Å². The third-order valence-corrected chi connectivity index (χ3v) is 5.48. The second-order valence-electron chi connectivity index (χ2n) is 7.28. The van der Waals surface area contributed by atoms with Crippen molar-refractivity contribution in [2.24, 2.45) is 5.92 Å². The summed E-state index contributed by atoms with van der Waals surface area (Å²) in [4.78, 5) is 24.3. The molecule has 0 bridgehead atoms. The number of Topliss-reactive ketones (excluding diaryl/α,β-unsaturated/α-hetero) is 1. The van der Waals surface area contributed by atoms with Gasteiger partial charge in [-0.15, -0.1) is 5.10 Å². The Morgan fingerprint density at radius 3 is 2.59 bits per heavy atom. The number of nitrogens with one attached hydrogen (secondary N) is 1. The Hall–Kier alpha value is -2.22. The van der Waals surface area contributed by atoms with Crippen LogP contribution in [0.3, 0.4) is 0 Å². The van der Waals surface area contributed by atoms with Gasteiger partial charge in [0.05, 0.1) is 11.8 Å². The molecule has 1 aromatic carbocycles. The minimum Gasteiger partial charge on any atom is -0.326 e. The SMILES string of the molecule is CC(C)CC(=O)Nc1ccc(C(=O)CSc2nnnn2C2CCCC2)cc1. The first-order valence-corrected chi connectivity index (χ1v) is 10.3. The molecule has 1 saturated carbocycles. The molecule has 144 valence electrons. The van der Waals surface area contributed by atoms with Gasteiger partial charge < -0.3 is 5.32 Å². The highest BCUT2D eigenvalue weighted by molar-refractivity contribution is 7.99. The number of hydrogen-bond acceptors (Lipinski definition) is 6. The summed E-state index contributed by atoms with van der Waals surface area (Å²) in [6.45, 7) is 4.00. The molecule has 1 N–H and O–H groups in total. The van der Waals surface area contributed by atoms with Gasteiger partial charge in [-0.1, -0.05) is 38.5 Å². The molecule has 27 heavy (non-hydrogen) atoms. The fourth-order valence-electron chi connectivity index (χ4n) is 3.19. The molecule has 1 heterocycles. The molecule has 1 aliphatic rings. The molecule has 2 aromatic rings. The molecule has 0 aliphatic heterocycles. The van der Waals surface area contributed by atoms with Crippen LogP contribution in [0.25, 0.3) is 0 Å². The van der Waals surface area contributed by atoms with Gasteiger partial charge in [0, 0.05) is 17.7 Å². The zero-order valence-electron chi connectivity index (χ0n) is 15.7. The Morgan fingerprint density at radius 2 is 1.93 bits per heavy atom. The van der Waals surface area contributed by atoms with Crippen LogP contribution in [0.15, 0.2) is 29.4 Å². The van der Waals surface area contributed by atoms with Crippen LogP contribution in [0.5, 0.6) is 0 Å². The van der Waals surface area contributed by atoms with Crippen LogP contribution < -0.4 is 5.32 Å². The lowest BCUT2D eigenvalue weighted by atomic mass is 10.1. The number of amides is 1. The lowest BCUT2D eigenvalue weighted by molar-refractivity contribution is -0.116. The van der Waals surface area contributed by atoms with Crippen molar-refractivity contribution in [1.82, 2.24) is 20.2 Å². The van der Waals surface area contributed by atoms with Gasteiger partial charge in [0.1, 0.15) is 0 Å². The van der Waals surface area contributed by atoms with Crippen LogP contribution in [0.4, 0.5) is 5.69 Å². The van der Waals surface area contributed by atoms with E-state index in [1.807, 2.05) is 18.5 Å². The van der Waals surface area contributed by atoms with E-state index >= 15 is 0 Å². The van der Waals surface area contributed by atoms with Crippen LogP contribution in [0.2, 0.25) is 0 Å². The number of carbonyl (C=O) groups is 2. The number of ketones is 1. The Balaban J connectivity index is 1.54. The molecule has 1 fully saturated rings. The number of rotatable bonds is 8. The van der Waals surface area contributed by atoms with Crippen LogP contribution in [-0.2, 0) is 4.79 Å². The number of thioether (sulfide) groups is 1. The number of tetrazole rings is 1. The summed E-state index contributed by atoms with van der Waals surface area (Å²) in [5.74, 6) is 0.592. The zero-order chi connectivity index (χ0) is 19.2. The second-order valence-corrected chi connectivity index (χ2v) is 8.22. The smallest absolute Gasteiger partial charge is 0.224 e. The molecule has 7 nitrogen and oxygen atoms in total. The molecule has 1 aliphatic carbocycles. The van der Waals surface area contributed by atoms with Crippen molar-refractivity contribution in [3.05, 3.63) is 29.8 Å². The molecule has 3 rings (SSSR count). The predicted molar refractivity (Wildman–Crippen MR) is 105 cm³/mol. The van der Waals surface area contributed by atoms with Crippen molar-refractivity contribution in [2.75, 3.05) is 11.1 Å². The summed E-state index contributed by atoms with van der Waals surface area (Å²) in [7, 11) is 0. The molecule has 1 aromatic heterocycles. The number of anilines is 1. The van der Waals surface area contributed by atoms with E-state index in [0.717, 1.165) is 12.8 Å². The van der Waals surface area contributed by atoms with E-state index in [1.54, 1.807) is 24.3 Å². The minimum absolute atomic E-state index is 0.0148. The average molecular weight is 388 g/mol. The monoisotopic (exact) mass is 387 g/mol. The summed E-state index contributed by atoms with van der Waals surface area (Å²) in [6.07, 6.45) is 5.07. The molecular weight excluding hydrogens is 362 g/mol. The quantitative estimate of drug-likeness (QED) is 0.548. The highest BCUT2D eigenvalue weighted by atomic mass is 32.2. The van der Waals surface area contributed by atoms with E-state index in [0.29, 0.717) is 34.8 Å². The van der Waals surface area contributed by atoms with Crippen molar-refractivity contribution in [3.63, 3.8) is 0 Å². The Bertz CT molecular complexity index is 782. The number of nitrogens with zero attached hydrogens (tertiary/aromatic N) is 4. The van der Waals surface area contributed by atoms with Gasteiger partial charge in [0.2, 0.25) is 11.1 Å². The number of hydrogen-bond donors (Lipinski definition) is 1. The van der Waals surface area contributed by atoms with E-state index in [4.69, 9.17) is 0 Å². The first kappa shape index (κ1) is 19.5. The lowest BCUT2D eigenvalue weighted by Gasteiger charge is -2.10. The van der Waals surface area contributed by atoms with E-state index in [1.165, 1.54) is 24.6 Å². The summed E-state index contributed by atoms with van der Waals surface area (Å²) in [5.41, 5.74) is 1.32. The third kappa shape index (κ3) is 5.38. The highest BCUT2D eigenvalue weighted by Gasteiger charge is 2.22. The molecule has 0 saturated heterocycles. The van der Waals surface area contributed by atoms with Gasteiger partial charge in [-0.25, -0.2) is 4.68 Å². The van der Waals surface area contributed by atoms with Crippen molar-refractivity contribution in [1.29, 1.82) is 0 Å². The maximum absolute atomic E-state index is 12.5. The Labute approximate surface area is 163 Å².